The quantitative estimate of drug-likeness (QED) is 0.0721. The Morgan fingerprint density at radius 2 is 1.61 bits per heavy atom. The van der Waals surface area contributed by atoms with Gasteiger partial charge in [0.1, 0.15) is 11.5 Å². The number of imide groups is 2. The molecule has 2 aliphatic carbocycles. The first-order valence-corrected chi connectivity index (χ1v) is 19.0. The molecule has 0 spiro atoms. The van der Waals surface area contributed by atoms with Crippen molar-refractivity contribution in [2.75, 3.05) is 17.4 Å². The van der Waals surface area contributed by atoms with E-state index >= 15 is 9.59 Å². The van der Waals surface area contributed by atoms with Gasteiger partial charge in [0.25, 0.3) is 17.5 Å². The van der Waals surface area contributed by atoms with E-state index in [4.69, 9.17) is 27.9 Å². The van der Waals surface area contributed by atoms with Crippen LogP contribution in [0.3, 0.4) is 0 Å². The molecule has 2 N–H and O–H groups in total. The molecule has 286 valence electrons. The standard InChI is InChI=1S/C43H32Cl2N4O8/c1-57-26-12-9-22(10-13-26)43-33(40(52)48(42(43)54)46-35-17-11-23(44)19-34(35)45)21-32-30(38(43)29-16-18-36(50)28-8-3-2-7-27(28)29)14-15-31-37(32)41(53)47(39(31)51)24-5-4-6-25(20-24)49(55)56/h2-14,16-20,31-33,37-38,46,50H,15,21H2,1H3. The highest BCUT2D eigenvalue weighted by Crippen LogP contribution is 2.65. The molecule has 2 saturated heterocycles. The number of carbonyl (C=O) groups excluding carboxylic acids is 4. The molecular formula is C43H32Cl2N4O8. The third-order valence-electron chi connectivity index (χ3n) is 12.1. The number of ether oxygens (including phenoxy) is 1. The minimum Gasteiger partial charge on any atom is -0.507 e. The van der Waals surface area contributed by atoms with Gasteiger partial charge in [-0.1, -0.05) is 83.4 Å². The van der Waals surface area contributed by atoms with Crippen LogP contribution >= 0.6 is 23.2 Å². The Kier molecular flexibility index (Phi) is 8.59. The number of rotatable bonds is 7. The average molecular weight is 804 g/mol. The van der Waals surface area contributed by atoms with E-state index in [1.165, 1.54) is 37.4 Å². The predicted octanol–water partition coefficient (Wildman–Crippen LogP) is 7.96. The van der Waals surface area contributed by atoms with Crippen molar-refractivity contribution in [3.63, 3.8) is 0 Å². The number of nitrogens with one attached hydrogen (secondary N) is 1. The molecule has 0 radical (unpaired) electrons. The number of allylic oxidation sites excluding steroid dienone is 2. The number of anilines is 2. The van der Waals surface area contributed by atoms with Crippen molar-refractivity contribution < 1.29 is 33.9 Å². The highest BCUT2D eigenvalue weighted by molar-refractivity contribution is 6.36. The molecular weight excluding hydrogens is 771 g/mol. The first kappa shape index (κ1) is 36.4. The lowest BCUT2D eigenvalue weighted by atomic mass is 9.49. The fraction of sp³-hybridized carbons (Fsp3) is 0.209. The molecule has 57 heavy (non-hydrogen) atoms. The van der Waals surface area contributed by atoms with Crippen LogP contribution in [-0.2, 0) is 24.6 Å². The lowest BCUT2D eigenvalue weighted by Gasteiger charge is -2.51. The van der Waals surface area contributed by atoms with Gasteiger partial charge in [0.2, 0.25) is 11.8 Å². The van der Waals surface area contributed by atoms with Crippen LogP contribution in [-0.4, -0.2) is 45.8 Å². The number of aromatic hydroxyl groups is 1. The number of benzene rings is 5. The van der Waals surface area contributed by atoms with Crippen molar-refractivity contribution in [3.05, 3.63) is 146 Å². The second-order valence-electron chi connectivity index (χ2n) is 14.7. The van der Waals surface area contributed by atoms with Crippen LogP contribution in [0.25, 0.3) is 10.8 Å². The van der Waals surface area contributed by atoms with E-state index in [0.717, 1.165) is 9.91 Å². The zero-order chi connectivity index (χ0) is 39.9. The summed E-state index contributed by atoms with van der Waals surface area (Å²) < 4.78 is 5.49. The van der Waals surface area contributed by atoms with Crippen molar-refractivity contribution in [2.45, 2.75) is 24.2 Å². The third kappa shape index (κ3) is 5.34. The Morgan fingerprint density at radius 3 is 2.33 bits per heavy atom. The number of phenols is 1. The summed E-state index contributed by atoms with van der Waals surface area (Å²) in [6.07, 6.45) is 2.09. The number of methoxy groups -OCH3 is 1. The third-order valence-corrected chi connectivity index (χ3v) is 12.7. The Hall–Kier alpha value is -6.24. The molecule has 0 aromatic heterocycles. The van der Waals surface area contributed by atoms with Crippen LogP contribution in [0.4, 0.5) is 17.1 Å². The predicted molar refractivity (Wildman–Crippen MR) is 212 cm³/mol. The summed E-state index contributed by atoms with van der Waals surface area (Å²) in [7, 11) is 1.53. The van der Waals surface area contributed by atoms with Gasteiger partial charge in [-0.25, -0.2) is 4.90 Å². The molecule has 4 amide bonds. The maximum Gasteiger partial charge on any atom is 0.271 e. The van der Waals surface area contributed by atoms with Crippen molar-refractivity contribution >= 4 is 74.7 Å². The topological polar surface area (TPSA) is 159 Å². The first-order valence-electron chi connectivity index (χ1n) is 18.2. The molecule has 6 unspecified atom stereocenters. The number of fused-ring (bicyclic) bond motifs is 5. The summed E-state index contributed by atoms with van der Waals surface area (Å²) >= 11 is 12.8. The highest BCUT2D eigenvalue weighted by Gasteiger charge is 2.70. The van der Waals surface area contributed by atoms with Gasteiger partial charge >= 0.3 is 0 Å². The number of phenolic OH excluding ortho intramolecular Hbond substituents is 1. The average Bonchev–Trinajstić information content (AvgIpc) is 3.60. The molecule has 0 bridgehead atoms. The van der Waals surface area contributed by atoms with Crippen LogP contribution in [0.5, 0.6) is 11.5 Å². The number of hydrogen-bond acceptors (Lipinski definition) is 9. The lowest BCUT2D eigenvalue weighted by molar-refractivity contribution is -0.384. The summed E-state index contributed by atoms with van der Waals surface area (Å²) in [4.78, 5) is 71.7. The van der Waals surface area contributed by atoms with E-state index in [9.17, 15) is 24.8 Å². The van der Waals surface area contributed by atoms with E-state index in [1.54, 1.807) is 60.7 Å². The SMILES string of the molecule is COc1ccc(C23C(=O)N(Nc4ccc(Cl)cc4Cl)C(=O)C2CC2C(=CCC4C(=O)N(c5cccc([N+](=O)[O-])c5)C(=O)C42)C3c2ccc(O)c3ccccc23)cc1. The zero-order valence-electron chi connectivity index (χ0n) is 30.1. The van der Waals surface area contributed by atoms with E-state index in [-0.39, 0.29) is 40.7 Å². The summed E-state index contributed by atoms with van der Waals surface area (Å²) in [6, 6.07) is 27.6. The molecule has 4 aliphatic rings. The van der Waals surface area contributed by atoms with Crippen molar-refractivity contribution in [2.24, 2.45) is 23.7 Å². The normalized spacial score (nSPS) is 25.2. The maximum absolute atomic E-state index is 15.6. The van der Waals surface area contributed by atoms with E-state index < -0.39 is 63.6 Å². The molecule has 3 fully saturated rings. The van der Waals surface area contributed by atoms with Gasteiger partial charge in [0.05, 0.1) is 51.6 Å². The highest BCUT2D eigenvalue weighted by atomic mass is 35.5. The minimum atomic E-state index is -1.62. The molecule has 5 aromatic rings. The Labute approximate surface area is 335 Å². The molecule has 14 heteroatoms. The van der Waals surface area contributed by atoms with Gasteiger partial charge in [-0.15, -0.1) is 0 Å². The Bertz CT molecular complexity index is 2610. The number of hydrazine groups is 1. The van der Waals surface area contributed by atoms with E-state index in [2.05, 4.69) is 5.43 Å². The molecule has 1 saturated carbocycles. The lowest BCUT2D eigenvalue weighted by Crippen LogP contribution is -2.53. The number of carbonyl (C=O) groups is 4. The van der Waals surface area contributed by atoms with Gasteiger partial charge in [-0.05, 0) is 77.7 Å². The summed E-state index contributed by atoms with van der Waals surface area (Å²) in [5.41, 5.74) is 3.31. The number of hydrogen-bond donors (Lipinski definition) is 2. The van der Waals surface area contributed by atoms with Crippen LogP contribution in [0.15, 0.2) is 115 Å². The van der Waals surface area contributed by atoms with E-state index in [1.807, 2.05) is 18.2 Å². The fourth-order valence-corrected chi connectivity index (χ4v) is 10.2. The Morgan fingerprint density at radius 1 is 0.860 bits per heavy atom. The summed E-state index contributed by atoms with van der Waals surface area (Å²) in [5.74, 6) is -6.03. The monoisotopic (exact) mass is 802 g/mol. The molecule has 2 aliphatic heterocycles. The van der Waals surface area contributed by atoms with Crippen LogP contribution in [0, 0.1) is 33.8 Å². The summed E-state index contributed by atoms with van der Waals surface area (Å²) in [5, 5.41) is 25.4. The fourth-order valence-electron chi connectivity index (χ4n) is 9.75. The second-order valence-corrected chi connectivity index (χ2v) is 15.6. The van der Waals surface area contributed by atoms with Gasteiger partial charge in [-0.3, -0.25) is 34.7 Å². The van der Waals surface area contributed by atoms with Gasteiger partial charge in [0.15, 0.2) is 0 Å². The van der Waals surface area contributed by atoms with E-state index in [0.29, 0.717) is 38.2 Å². The van der Waals surface area contributed by atoms with Crippen LogP contribution < -0.4 is 15.1 Å². The molecule has 6 atom stereocenters. The minimum absolute atomic E-state index is 0.0183. The smallest absolute Gasteiger partial charge is 0.271 e. The summed E-state index contributed by atoms with van der Waals surface area (Å²) in [6.45, 7) is 0. The number of nitro groups is 1. The van der Waals surface area contributed by atoms with Gasteiger partial charge in [-0.2, -0.15) is 5.01 Å². The maximum atomic E-state index is 15.6. The second kappa shape index (κ2) is 13.5. The number of amides is 4. The van der Waals surface area contributed by atoms with Crippen molar-refractivity contribution in [3.8, 4) is 11.5 Å². The number of nitrogens with zero attached hydrogens (tertiary/aromatic N) is 3. The van der Waals surface area contributed by atoms with Gasteiger partial charge in [0, 0.05) is 28.5 Å². The number of nitro benzene ring substituents is 1. The van der Waals surface area contributed by atoms with Crippen molar-refractivity contribution in [1.82, 2.24) is 5.01 Å². The molecule has 12 nitrogen and oxygen atoms in total. The zero-order valence-corrected chi connectivity index (χ0v) is 31.6. The number of non-ortho nitro benzene ring substituents is 1. The molecule has 2 heterocycles. The van der Waals surface area contributed by atoms with Gasteiger partial charge < -0.3 is 9.84 Å². The molecule has 9 rings (SSSR count). The first-order chi connectivity index (χ1) is 27.4. The largest absolute Gasteiger partial charge is 0.507 e. The number of halogens is 2. The van der Waals surface area contributed by atoms with Crippen LogP contribution in [0.1, 0.15) is 29.9 Å². The molecule has 5 aromatic carbocycles. The van der Waals surface area contributed by atoms with Crippen molar-refractivity contribution in [1.29, 1.82) is 0 Å². The Balaban J connectivity index is 1.27. The van der Waals surface area contributed by atoms with Crippen LogP contribution in [0.2, 0.25) is 10.0 Å².